The number of likely N-dealkylation sites (tertiary alicyclic amines) is 1. The Labute approximate surface area is 142 Å². The van der Waals surface area contributed by atoms with Crippen LogP contribution in [-0.2, 0) is 6.42 Å². The minimum atomic E-state index is -0.0643. The first-order valence-electron chi connectivity index (χ1n) is 8.55. The van der Waals surface area contributed by atoms with Crippen LogP contribution >= 0.6 is 0 Å². The first-order valence-corrected chi connectivity index (χ1v) is 8.55. The molecule has 2 amide bonds. The number of benzene rings is 1. The number of ether oxygens (including phenoxy) is 2. The third-order valence-corrected chi connectivity index (χ3v) is 4.80. The molecule has 2 aliphatic rings. The highest BCUT2D eigenvalue weighted by Crippen LogP contribution is 2.29. The van der Waals surface area contributed by atoms with Gasteiger partial charge in [0.1, 0.15) is 18.1 Å². The summed E-state index contributed by atoms with van der Waals surface area (Å²) in [6, 6.07) is 5.67. The molecule has 1 fully saturated rings. The molecule has 0 aliphatic carbocycles. The minimum absolute atomic E-state index is 0.0387. The van der Waals surface area contributed by atoms with E-state index in [0.717, 1.165) is 36.4 Å². The van der Waals surface area contributed by atoms with Gasteiger partial charge in [-0.05, 0) is 36.3 Å². The summed E-state index contributed by atoms with van der Waals surface area (Å²) in [6.07, 6.45) is 1.72. The van der Waals surface area contributed by atoms with Gasteiger partial charge in [0.05, 0.1) is 13.2 Å². The molecule has 0 spiro atoms. The van der Waals surface area contributed by atoms with Crippen LogP contribution in [0.2, 0.25) is 0 Å². The fourth-order valence-corrected chi connectivity index (χ4v) is 3.62. The zero-order valence-corrected chi connectivity index (χ0v) is 14.3. The van der Waals surface area contributed by atoms with E-state index in [1.807, 2.05) is 23.1 Å². The van der Waals surface area contributed by atoms with Crippen LogP contribution in [0.5, 0.6) is 11.5 Å². The van der Waals surface area contributed by atoms with E-state index in [9.17, 15) is 9.90 Å². The van der Waals surface area contributed by atoms with Crippen molar-refractivity contribution in [1.82, 2.24) is 10.2 Å². The molecule has 1 aromatic carbocycles. The summed E-state index contributed by atoms with van der Waals surface area (Å²) in [7, 11) is 1.63. The number of carbonyl (C=O) groups is 1. The van der Waals surface area contributed by atoms with Crippen molar-refractivity contribution in [3.05, 3.63) is 23.8 Å². The van der Waals surface area contributed by atoms with E-state index in [1.54, 1.807) is 7.11 Å². The average molecular weight is 334 g/mol. The van der Waals surface area contributed by atoms with Crippen LogP contribution in [0.3, 0.4) is 0 Å². The summed E-state index contributed by atoms with van der Waals surface area (Å²) in [5, 5.41) is 12.5. The van der Waals surface area contributed by atoms with Crippen molar-refractivity contribution in [2.24, 2.45) is 11.8 Å². The van der Waals surface area contributed by atoms with Crippen LogP contribution < -0.4 is 14.8 Å². The van der Waals surface area contributed by atoms with E-state index in [2.05, 4.69) is 12.2 Å². The smallest absolute Gasteiger partial charge is 0.317 e. The van der Waals surface area contributed by atoms with E-state index in [0.29, 0.717) is 19.1 Å². The first-order chi connectivity index (χ1) is 11.6. The Hall–Kier alpha value is -1.95. The van der Waals surface area contributed by atoms with Gasteiger partial charge < -0.3 is 24.8 Å². The van der Waals surface area contributed by atoms with Crippen molar-refractivity contribution in [2.45, 2.75) is 25.8 Å². The highest BCUT2D eigenvalue weighted by molar-refractivity contribution is 5.74. The number of methoxy groups -OCH3 is 1. The van der Waals surface area contributed by atoms with Crippen molar-refractivity contribution < 1.29 is 19.4 Å². The Balaban J connectivity index is 1.59. The normalized spacial score (nSPS) is 26.3. The zero-order valence-electron chi connectivity index (χ0n) is 14.3. The molecule has 1 aromatic rings. The molecule has 6 nitrogen and oxygen atoms in total. The number of nitrogens with one attached hydrogen (secondary N) is 1. The average Bonchev–Trinajstić information content (AvgIpc) is 2.60. The standard InChI is InChI=1S/C18H26N2O4/c1-12-5-13(10-21)9-20(8-12)18(22)19-15-6-14-3-4-16(23-2)7-17(14)24-11-15/h3-4,7,12-13,15,21H,5-6,8-11H2,1-2H3,(H,19,22). The molecule has 3 atom stereocenters. The minimum Gasteiger partial charge on any atom is -0.497 e. The summed E-state index contributed by atoms with van der Waals surface area (Å²) in [6.45, 7) is 4.07. The number of nitrogens with zero attached hydrogens (tertiary/aromatic N) is 1. The van der Waals surface area contributed by atoms with Gasteiger partial charge in [0.15, 0.2) is 0 Å². The molecule has 0 bridgehead atoms. The Morgan fingerprint density at radius 2 is 2.29 bits per heavy atom. The molecule has 3 unspecified atom stereocenters. The lowest BCUT2D eigenvalue weighted by Crippen LogP contribution is -2.53. The predicted molar refractivity (Wildman–Crippen MR) is 90.4 cm³/mol. The first kappa shape index (κ1) is 16.9. The third-order valence-electron chi connectivity index (χ3n) is 4.80. The molecule has 2 N–H and O–H groups in total. The maximum Gasteiger partial charge on any atom is 0.317 e. The number of fused-ring (bicyclic) bond motifs is 1. The topological polar surface area (TPSA) is 71.0 Å². The molecular weight excluding hydrogens is 308 g/mol. The van der Waals surface area contributed by atoms with E-state index in [4.69, 9.17) is 9.47 Å². The predicted octanol–water partition coefficient (Wildman–Crippen LogP) is 1.66. The number of aliphatic hydroxyl groups is 1. The molecule has 2 heterocycles. The Bertz CT molecular complexity index is 592. The second-order valence-corrected chi connectivity index (χ2v) is 6.93. The Morgan fingerprint density at radius 1 is 1.46 bits per heavy atom. The molecular formula is C18H26N2O4. The van der Waals surface area contributed by atoms with Gasteiger partial charge in [-0.1, -0.05) is 13.0 Å². The lowest BCUT2D eigenvalue weighted by atomic mass is 9.91. The fourth-order valence-electron chi connectivity index (χ4n) is 3.62. The molecule has 6 heteroatoms. The van der Waals surface area contributed by atoms with Gasteiger partial charge in [-0.3, -0.25) is 0 Å². The zero-order chi connectivity index (χ0) is 17.1. The largest absolute Gasteiger partial charge is 0.497 e. The number of rotatable bonds is 3. The quantitative estimate of drug-likeness (QED) is 0.882. The van der Waals surface area contributed by atoms with E-state index in [-0.39, 0.29) is 24.6 Å². The van der Waals surface area contributed by atoms with Crippen molar-refractivity contribution in [3.63, 3.8) is 0 Å². The summed E-state index contributed by atoms with van der Waals surface area (Å²) in [5.41, 5.74) is 1.08. The number of carbonyl (C=O) groups excluding carboxylic acids is 1. The monoisotopic (exact) mass is 334 g/mol. The summed E-state index contributed by atoms with van der Waals surface area (Å²) >= 11 is 0. The van der Waals surface area contributed by atoms with Crippen LogP contribution in [0.25, 0.3) is 0 Å². The number of hydrogen-bond acceptors (Lipinski definition) is 4. The number of urea groups is 1. The van der Waals surface area contributed by atoms with Gasteiger partial charge in [0.25, 0.3) is 0 Å². The highest BCUT2D eigenvalue weighted by atomic mass is 16.5. The third kappa shape index (κ3) is 3.75. The van der Waals surface area contributed by atoms with E-state index in [1.165, 1.54) is 0 Å². The Kier molecular flexibility index (Phi) is 5.14. The molecule has 0 aromatic heterocycles. The SMILES string of the molecule is COc1ccc2c(c1)OCC(NC(=O)N1CC(C)CC(CO)C1)C2. The van der Waals surface area contributed by atoms with Crippen LogP contribution in [0.4, 0.5) is 4.79 Å². The number of hydrogen-bond donors (Lipinski definition) is 2. The summed E-state index contributed by atoms with van der Waals surface area (Å²) in [5.74, 6) is 2.19. The van der Waals surface area contributed by atoms with Crippen LogP contribution in [-0.4, -0.2) is 55.5 Å². The fraction of sp³-hybridized carbons (Fsp3) is 0.611. The van der Waals surface area contributed by atoms with Crippen molar-refractivity contribution in [1.29, 1.82) is 0 Å². The second-order valence-electron chi connectivity index (χ2n) is 6.93. The summed E-state index contributed by atoms with van der Waals surface area (Å²) < 4.78 is 11.0. The van der Waals surface area contributed by atoms with Crippen molar-refractivity contribution >= 4 is 6.03 Å². The Morgan fingerprint density at radius 3 is 3.04 bits per heavy atom. The highest BCUT2D eigenvalue weighted by Gasteiger charge is 2.29. The molecule has 24 heavy (non-hydrogen) atoms. The van der Waals surface area contributed by atoms with Gasteiger partial charge in [-0.2, -0.15) is 0 Å². The molecule has 132 valence electrons. The van der Waals surface area contributed by atoms with Gasteiger partial charge in [-0.25, -0.2) is 4.79 Å². The lowest BCUT2D eigenvalue weighted by Gasteiger charge is -2.37. The summed E-state index contributed by atoms with van der Waals surface area (Å²) in [4.78, 5) is 14.4. The van der Waals surface area contributed by atoms with E-state index >= 15 is 0 Å². The maximum atomic E-state index is 12.5. The van der Waals surface area contributed by atoms with E-state index < -0.39 is 0 Å². The molecule has 3 rings (SSSR count). The number of piperidine rings is 1. The van der Waals surface area contributed by atoms with Gasteiger partial charge in [-0.15, -0.1) is 0 Å². The van der Waals surface area contributed by atoms with Crippen LogP contribution in [0.15, 0.2) is 18.2 Å². The maximum absolute atomic E-state index is 12.5. The second kappa shape index (κ2) is 7.30. The number of amides is 2. The lowest BCUT2D eigenvalue weighted by molar-refractivity contribution is 0.101. The van der Waals surface area contributed by atoms with Crippen LogP contribution in [0, 0.1) is 11.8 Å². The van der Waals surface area contributed by atoms with Crippen LogP contribution in [0.1, 0.15) is 18.9 Å². The van der Waals surface area contributed by atoms with Crippen molar-refractivity contribution in [3.8, 4) is 11.5 Å². The molecule has 2 aliphatic heterocycles. The molecule has 1 saturated heterocycles. The van der Waals surface area contributed by atoms with Gasteiger partial charge >= 0.3 is 6.03 Å². The molecule has 0 radical (unpaired) electrons. The van der Waals surface area contributed by atoms with Gasteiger partial charge in [0, 0.05) is 25.8 Å². The van der Waals surface area contributed by atoms with Crippen molar-refractivity contribution in [2.75, 3.05) is 33.4 Å². The van der Waals surface area contributed by atoms with Gasteiger partial charge in [0.2, 0.25) is 0 Å². The molecule has 0 saturated carbocycles. The number of aliphatic hydroxyl groups excluding tert-OH is 1.